The molecule has 5 heteroatoms. The van der Waals surface area contributed by atoms with Gasteiger partial charge in [0.05, 0.1) is 16.6 Å². The molecule has 0 aliphatic rings. The van der Waals surface area contributed by atoms with Crippen molar-refractivity contribution in [1.82, 2.24) is 5.06 Å². The number of thiophene rings is 1. The molecule has 1 aromatic heterocycles. The quantitative estimate of drug-likeness (QED) is 0.484. The summed E-state index contributed by atoms with van der Waals surface area (Å²) in [6.45, 7) is 4.85. The summed E-state index contributed by atoms with van der Waals surface area (Å²) < 4.78 is 1.22. The first-order valence-electron chi connectivity index (χ1n) is 7.40. The molecule has 0 saturated heterocycles. The maximum Gasteiger partial charge on any atom is 0.202 e. The van der Waals surface area contributed by atoms with E-state index >= 15 is 0 Å². The van der Waals surface area contributed by atoms with E-state index < -0.39 is 0 Å². The van der Waals surface area contributed by atoms with Gasteiger partial charge in [-0.3, -0.25) is 0 Å². The van der Waals surface area contributed by atoms with E-state index in [-0.39, 0.29) is 6.04 Å². The van der Waals surface area contributed by atoms with Crippen LogP contribution in [0.1, 0.15) is 19.4 Å². The molecule has 0 saturated carbocycles. The first-order chi connectivity index (χ1) is 11.0. The second-order valence-corrected chi connectivity index (χ2v) is 7.47. The van der Waals surface area contributed by atoms with Gasteiger partial charge in [0.15, 0.2) is 0 Å². The molecule has 0 spiro atoms. The highest BCUT2D eigenvalue weighted by molar-refractivity contribution is 7.20. The Morgan fingerprint density at radius 1 is 1.04 bits per heavy atom. The molecule has 0 atom stereocenters. The lowest BCUT2D eigenvalue weighted by Crippen LogP contribution is -2.33. The van der Waals surface area contributed by atoms with Crippen LogP contribution in [0, 0.1) is 0 Å². The molecule has 3 rings (SSSR count). The van der Waals surface area contributed by atoms with Gasteiger partial charge in [0.25, 0.3) is 0 Å². The van der Waals surface area contributed by atoms with Gasteiger partial charge in [-0.25, -0.2) is 0 Å². The summed E-state index contributed by atoms with van der Waals surface area (Å²) in [5.74, 6) is 0. The van der Waals surface area contributed by atoms with Crippen molar-refractivity contribution in [3.63, 3.8) is 0 Å². The van der Waals surface area contributed by atoms with Crippen LogP contribution < -0.4 is 4.84 Å². The van der Waals surface area contributed by atoms with E-state index in [1.54, 1.807) is 11.3 Å². The Labute approximate surface area is 150 Å². The van der Waals surface area contributed by atoms with E-state index in [9.17, 15) is 0 Å². The monoisotopic (exact) mass is 365 g/mol. The van der Waals surface area contributed by atoms with Gasteiger partial charge in [0, 0.05) is 16.8 Å². The molecule has 2 nitrogen and oxygen atoms in total. The number of nitrogens with zero attached hydrogens (tertiary/aromatic N) is 1. The van der Waals surface area contributed by atoms with Gasteiger partial charge in [-0.05, 0) is 43.0 Å². The van der Waals surface area contributed by atoms with E-state index in [1.165, 1.54) is 10.1 Å². The van der Waals surface area contributed by atoms with Crippen molar-refractivity contribution in [2.45, 2.75) is 26.4 Å². The first kappa shape index (κ1) is 16.6. The van der Waals surface area contributed by atoms with Crippen molar-refractivity contribution in [2.75, 3.05) is 0 Å². The van der Waals surface area contributed by atoms with Crippen LogP contribution in [0.15, 0.2) is 48.5 Å². The van der Waals surface area contributed by atoms with Gasteiger partial charge in [-0.15, -0.1) is 5.06 Å². The molecule has 0 bridgehead atoms. The van der Waals surface area contributed by atoms with Crippen LogP contribution in [-0.4, -0.2) is 11.1 Å². The van der Waals surface area contributed by atoms with Gasteiger partial charge in [-0.2, -0.15) is 0 Å². The van der Waals surface area contributed by atoms with Gasteiger partial charge >= 0.3 is 0 Å². The van der Waals surface area contributed by atoms with Crippen molar-refractivity contribution in [3.05, 3.63) is 64.1 Å². The van der Waals surface area contributed by atoms with Crippen molar-refractivity contribution in [3.8, 4) is 5.06 Å². The summed E-state index contributed by atoms with van der Waals surface area (Å²) in [6, 6.07) is 16.2. The van der Waals surface area contributed by atoms with Gasteiger partial charge in [-0.1, -0.05) is 58.8 Å². The van der Waals surface area contributed by atoms with E-state index in [0.29, 0.717) is 16.6 Å². The Bertz CT molecular complexity index is 783. The minimum atomic E-state index is 0.231. The third kappa shape index (κ3) is 3.99. The molecule has 23 heavy (non-hydrogen) atoms. The van der Waals surface area contributed by atoms with Gasteiger partial charge < -0.3 is 4.84 Å². The molecule has 0 N–H and O–H groups in total. The summed E-state index contributed by atoms with van der Waals surface area (Å²) >= 11 is 13.7. The van der Waals surface area contributed by atoms with E-state index in [1.807, 2.05) is 35.4 Å². The summed E-state index contributed by atoms with van der Waals surface area (Å²) in [7, 11) is 0. The lowest BCUT2D eigenvalue weighted by Gasteiger charge is -2.25. The Morgan fingerprint density at radius 2 is 1.83 bits per heavy atom. The Balaban J connectivity index is 1.79. The zero-order valence-corrected chi connectivity index (χ0v) is 15.3. The number of rotatable bonds is 5. The summed E-state index contributed by atoms with van der Waals surface area (Å²) in [6.07, 6.45) is 0. The predicted molar refractivity (Wildman–Crippen MR) is 99.6 cm³/mol. The SMILES string of the molecule is CC(C)N(Cc1ccc(Cl)c(Cl)c1)Oc1cc2ccccc2s1. The summed E-state index contributed by atoms with van der Waals surface area (Å²) in [5, 5.41) is 5.17. The molecule has 2 aromatic carbocycles. The normalized spacial score (nSPS) is 11.6. The second kappa shape index (κ2) is 7.10. The smallest absolute Gasteiger partial charge is 0.202 e. The maximum atomic E-state index is 6.11. The lowest BCUT2D eigenvalue weighted by atomic mass is 10.2. The lowest BCUT2D eigenvalue weighted by molar-refractivity contribution is -0.0903. The van der Waals surface area contributed by atoms with E-state index in [2.05, 4.69) is 32.0 Å². The van der Waals surface area contributed by atoms with Crippen LogP contribution in [-0.2, 0) is 6.54 Å². The number of benzene rings is 2. The van der Waals surface area contributed by atoms with Crippen LogP contribution in [0.5, 0.6) is 5.06 Å². The number of fused-ring (bicyclic) bond motifs is 1. The van der Waals surface area contributed by atoms with Crippen molar-refractivity contribution in [1.29, 1.82) is 0 Å². The minimum absolute atomic E-state index is 0.231. The fourth-order valence-electron chi connectivity index (χ4n) is 2.26. The fraction of sp³-hybridized carbons (Fsp3) is 0.222. The standard InChI is InChI=1S/C18H17Cl2NOS/c1-12(2)21(11-13-7-8-15(19)16(20)9-13)22-18-10-14-5-3-4-6-17(14)23-18/h3-10,12H,11H2,1-2H3. The third-order valence-electron chi connectivity index (χ3n) is 3.51. The Morgan fingerprint density at radius 3 is 2.52 bits per heavy atom. The molecule has 0 amide bonds. The summed E-state index contributed by atoms with van der Waals surface area (Å²) in [5.41, 5.74) is 1.06. The van der Waals surface area contributed by atoms with Crippen molar-refractivity contribution in [2.24, 2.45) is 0 Å². The molecule has 1 heterocycles. The van der Waals surface area contributed by atoms with Crippen molar-refractivity contribution < 1.29 is 4.84 Å². The number of halogens is 2. The molecular formula is C18H17Cl2NOS. The van der Waals surface area contributed by atoms with Crippen molar-refractivity contribution >= 4 is 44.6 Å². The molecule has 0 fully saturated rings. The molecule has 0 aliphatic carbocycles. The fourth-order valence-corrected chi connectivity index (χ4v) is 3.50. The Kier molecular flexibility index (Phi) is 5.12. The predicted octanol–water partition coefficient (Wildman–Crippen LogP) is 6.41. The Hall–Kier alpha value is -1.26. The highest BCUT2D eigenvalue weighted by Gasteiger charge is 2.15. The molecule has 0 unspecified atom stereocenters. The topological polar surface area (TPSA) is 12.5 Å². The van der Waals surface area contributed by atoms with E-state index in [4.69, 9.17) is 28.0 Å². The molecule has 0 aliphatic heterocycles. The van der Waals surface area contributed by atoms with Crippen LogP contribution in [0.25, 0.3) is 10.1 Å². The molecule has 3 aromatic rings. The highest BCUT2D eigenvalue weighted by atomic mass is 35.5. The van der Waals surface area contributed by atoms with Crippen LogP contribution >= 0.6 is 34.5 Å². The van der Waals surface area contributed by atoms with Gasteiger partial charge in [0.2, 0.25) is 5.06 Å². The van der Waals surface area contributed by atoms with Gasteiger partial charge in [0.1, 0.15) is 0 Å². The third-order valence-corrected chi connectivity index (χ3v) is 5.23. The van der Waals surface area contributed by atoms with Crippen LogP contribution in [0.3, 0.4) is 0 Å². The maximum absolute atomic E-state index is 6.11. The molecule has 120 valence electrons. The number of hydrogen-bond acceptors (Lipinski definition) is 3. The zero-order valence-electron chi connectivity index (χ0n) is 12.9. The number of hydroxylamine groups is 2. The second-order valence-electron chi connectivity index (χ2n) is 5.61. The highest BCUT2D eigenvalue weighted by Crippen LogP contribution is 2.32. The van der Waals surface area contributed by atoms with Crippen LogP contribution in [0.2, 0.25) is 10.0 Å². The summed E-state index contributed by atoms with van der Waals surface area (Å²) in [4.78, 5) is 6.11. The minimum Gasteiger partial charge on any atom is -0.394 e. The molecule has 0 radical (unpaired) electrons. The largest absolute Gasteiger partial charge is 0.394 e. The number of hydrogen-bond donors (Lipinski definition) is 0. The average Bonchev–Trinajstić information content (AvgIpc) is 2.92. The first-order valence-corrected chi connectivity index (χ1v) is 8.97. The zero-order chi connectivity index (χ0) is 16.4. The van der Waals surface area contributed by atoms with E-state index in [0.717, 1.165) is 10.6 Å². The van der Waals surface area contributed by atoms with Crippen LogP contribution in [0.4, 0.5) is 0 Å². The molecular weight excluding hydrogens is 349 g/mol. The average molecular weight is 366 g/mol.